The van der Waals surface area contributed by atoms with Crippen molar-refractivity contribution in [3.63, 3.8) is 0 Å². The quantitative estimate of drug-likeness (QED) is 0.803. The number of piperidine rings is 1. The summed E-state index contributed by atoms with van der Waals surface area (Å²) in [5, 5.41) is 2.79. The van der Waals surface area contributed by atoms with E-state index in [1.54, 1.807) is 24.3 Å². The number of carbonyl (C=O) groups excluding carboxylic acids is 1. The lowest BCUT2D eigenvalue weighted by Gasteiger charge is -2.32. The highest BCUT2D eigenvalue weighted by Gasteiger charge is 2.31. The Kier molecular flexibility index (Phi) is 6.46. The molecule has 1 atom stereocenters. The van der Waals surface area contributed by atoms with Crippen LogP contribution in [0.15, 0.2) is 53.4 Å². The lowest BCUT2D eigenvalue weighted by molar-refractivity contribution is 0.0954. The van der Waals surface area contributed by atoms with E-state index in [1.807, 2.05) is 6.92 Å². The Bertz CT molecular complexity index is 929. The van der Waals surface area contributed by atoms with Gasteiger partial charge in [0.1, 0.15) is 5.82 Å². The molecule has 28 heavy (non-hydrogen) atoms. The third-order valence-electron chi connectivity index (χ3n) is 5.06. The van der Waals surface area contributed by atoms with Gasteiger partial charge in [-0.15, -0.1) is 0 Å². The number of benzene rings is 2. The van der Waals surface area contributed by atoms with Crippen molar-refractivity contribution in [3.05, 3.63) is 65.5 Å². The largest absolute Gasteiger partial charge is 0.352 e. The van der Waals surface area contributed by atoms with E-state index in [-0.39, 0.29) is 22.7 Å². The number of rotatable bonds is 6. The lowest BCUT2D eigenvalue weighted by Crippen LogP contribution is -2.42. The monoisotopic (exact) mass is 404 g/mol. The van der Waals surface area contributed by atoms with E-state index in [0.717, 1.165) is 24.8 Å². The molecule has 0 saturated carbocycles. The Morgan fingerprint density at radius 1 is 1.18 bits per heavy atom. The second-order valence-electron chi connectivity index (χ2n) is 7.12. The van der Waals surface area contributed by atoms with Gasteiger partial charge in [0.15, 0.2) is 0 Å². The van der Waals surface area contributed by atoms with Crippen LogP contribution in [-0.2, 0) is 16.4 Å². The summed E-state index contributed by atoms with van der Waals surface area (Å²) in [7, 11) is -3.62. The Balaban J connectivity index is 1.66. The van der Waals surface area contributed by atoms with Gasteiger partial charge in [-0.3, -0.25) is 4.79 Å². The number of nitrogens with zero attached hydrogens (tertiary/aromatic N) is 1. The third kappa shape index (κ3) is 4.77. The molecule has 1 heterocycles. The van der Waals surface area contributed by atoms with Crippen LogP contribution in [0.3, 0.4) is 0 Å². The molecule has 3 rings (SSSR count). The van der Waals surface area contributed by atoms with E-state index >= 15 is 0 Å². The van der Waals surface area contributed by atoms with Gasteiger partial charge >= 0.3 is 0 Å². The van der Waals surface area contributed by atoms with Crippen molar-refractivity contribution in [3.8, 4) is 0 Å². The van der Waals surface area contributed by atoms with E-state index in [2.05, 4.69) is 5.32 Å². The SMILES string of the molecule is C[C@H]1CCCCN1S(=O)(=O)c1cccc(C(=O)NCCc2ccc(F)cc2)c1. The van der Waals surface area contributed by atoms with Crippen molar-refractivity contribution in [2.24, 2.45) is 0 Å². The number of hydrogen-bond donors (Lipinski definition) is 1. The van der Waals surface area contributed by atoms with Crippen molar-refractivity contribution in [1.29, 1.82) is 0 Å². The van der Waals surface area contributed by atoms with Crippen LogP contribution in [0.4, 0.5) is 4.39 Å². The molecule has 1 N–H and O–H groups in total. The number of carbonyl (C=O) groups is 1. The molecule has 0 aliphatic carbocycles. The van der Waals surface area contributed by atoms with Crippen LogP contribution in [0.5, 0.6) is 0 Å². The highest BCUT2D eigenvalue weighted by Crippen LogP contribution is 2.25. The molecule has 5 nitrogen and oxygen atoms in total. The molecule has 2 aromatic rings. The van der Waals surface area contributed by atoms with Crippen molar-refractivity contribution < 1.29 is 17.6 Å². The summed E-state index contributed by atoms with van der Waals surface area (Å²) >= 11 is 0. The van der Waals surface area contributed by atoms with Gasteiger partial charge in [0.2, 0.25) is 10.0 Å². The molecule has 1 aliphatic heterocycles. The van der Waals surface area contributed by atoms with Gasteiger partial charge in [0.05, 0.1) is 4.90 Å². The second kappa shape index (κ2) is 8.84. The molecule has 150 valence electrons. The van der Waals surface area contributed by atoms with Gasteiger partial charge < -0.3 is 5.32 Å². The van der Waals surface area contributed by atoms with Gasteiger partial charge in [-0.05, 0) is 62.1 Å². The summed E-state index contributed by atoms with van der Waals surface area (Å²) in [5.74, 6) is -0.625. The summed E-state index contributed by atoms with van der Waals surface area (Å²) in [6.07, 6.45) is 3.30. The molecule has 7 heteroatoms. The molecule has 1 amide bonds. The number of nitrogens with one attached hydrogen (secondary N) is 1. The smallest absolute Gasteiger partial charge is 0.251 e. The van der Waals surface area contributed by atoms with Crippen LogP contribution in [0.25, 0.3) is 0 Å². The van der Waals surface area contributed by atoms with Crippen LogP contribution < -0.4 is 5.32 Å². The zero-order chi connectivity index (χ0) is 20.1. The topological polar surface area (TPSA) is 66.5 Å². The minimum absolute atomic E-state index is 0.0352. The van der Waals surface area contributed by atoms with E-state index < -0.39 is 10.0 Å². The van der Waals surface area contributed by atoms with E-state index in [9.17, 15) is 17.6 Å². The first-order valence-corrected chi connectivity index (χ1v) is 11.0. The van der Waals surface area contributed by atoms with Crippen molar-refractivity contribution in [2.75, 3.05) is 13.1 Å². The van der Waals surface area contributed by atoms with Gasteiger partial charge in [-0.2, -0.15) is 4.31 Å². The normalized spacial score (nSPS) is 18.0. The molecule has 1 fully saturated rings. The van der Waals surface area contributed by atoms with Crippen molar-refractivity contribution in [1.82, 2.24) is 9.62 Å². The molecule has 1 saturated heterocycles. The maximum atomic E-state index is 13.0. The lowest BCUT2D eigenvalue weighted by atomic mass is 10.1. The zero-order valence-corrected chi connectivity index (χ0v) is 16.7. The summed E-state index contributed by atoms with van der Waals surface area (Å²) < 4.78 is 40.4. The molecule has 0 bridgehead atoms. The van der Waals surface area contributed by atoms with Crippen LogP contribution in [0.2, 0.25) is 0 Å². The summed E-state index contributed by atoms with van der Waals surface area (Å²) in [5.41, 5.74) is 1.22. The molecular formula is C21H25FN2O3S. The Morgan fingerprint density at radius 3 is 2.64 bits per heavy atom. The fourth-order valence-corrected chi connectivity index (χ4v) is 5.18. The maximum Gasteiger partial charge on any atom is 0.251 e. The molecule has 0 aromatic heterocycles. The number of sulfonamides is 1. The first kappa shape index (κ1) is 20.5. The predicted molar refractivity (Wildman–Crippen MR) is 106 cm³/mol. The fourth-order valence-electron chi connectivity index (χ4n) is 3.44. The zero-order valence-electron chi connectivity index (χ0n) is 15.9. The highest BCUT2D eigenvalue weighted by atomic mass is 32.2. The first-order chi connectivity index (χ1) is 13.4. The fraction of sp³-hybridized carbons (Fsp3) is 0.381. The molecular weight excluding hydrogens is 379 g/mol. The predicted octanol–water partition coefficient (Wildman–Crippen LogP) is 3.36. The minimum Gasteiger partial charge on any atom is -0.352 e. The van der Waals surface area contributed by atoms with E-state index in [0.29, 0.717) is 25.1 Å². The Morgan fingerprint density at radius 2 is 1.93 bits per heavy atom. The van der Waals surface area contributed by atoms with Crippen molar-refractivity contribution in [2.45, 2.75) is 43.5 Å². The number of amides is 1. The van der Waals surface area contributed by atoms with Crippen molar-refractivity contribution >= 4 is 15.9 Å². The van der Waals surface area contributed by atoms with Gasteiger partial charge in [-0.1, -0.05) is 24.6 Å². The standard InChI is InChI=1S/C21H25FN2O3S/c1-16-5-2-3-14-24(16)28(26,27)20-7-4-6-18(15-20)21(25)23-13-12-17-8-10-19(22)11-9-17/h4,6-11,15-16H,2-3,5,12-14H2,1H3,(H,23,25)/t16-/m0/s1. The molecule has 0 radical (unpaired) electrons. The first-order valence-electron chi connectivity index (χ1n) is 9.52. The Hall–Kier alpha value is -2.25. The molecule has 2 aromatic carbocycles. The second-order valence-corrected chi connectivity index (χ2v) is 9.01. The van der Waals surface area contributed by atoms with Gasteiger partial charge in [0.25, 0.3) is 5.91 Å². The number of halogens is 1. The molecule has 0 spiro atoms. The minimum atomic E-state index is -3.62. The highest BCUT2D eigenvalue weighted by molar-refractivity contribution is 7.89. The van der Waals surface area contributed by atoms with Crippen LogP contribution >= 0.6 is 0 Å². The average Bonchev–Trinajstić information content (AvgIpc) is 2.69. The maximum absolute atomic E-state index is 13.0. The summed E-state index contributed by atoms with van der Waals surface area (Å²) in [6, 6.07) is 12.2. The van der Waals surface area contributed by atoms with E-state index in [4.69, 9.17) is 0 Å². The number of hydrogen-bond acceptors (Lipinski definition) is 3. The third-order valence-corrected chi connectivity index (χ3v) is 7.07. The van der Waals surface area contributed by atoms with Crippen LogP contribution in [0, 0.1) is 5.82 Å². The van der Waals surface area contributed by atoms with Crippen LogP contribution in [0.1, 0.15) is 42.1 Å². The van der Waals surface area contributed by atoms with E-state index in [1.165, 1.54) is 28.6 Å². The van der Waals surface area contributed by atoms with Gasteiger partial charge in [-0.25, -0.2) is 12.8 Å². The Labute approximate surface area is 165 Å². The van der Waals surface area contributed by atoms with Crippen LogP contribution in [-0.4, -0.2) is 37.8 Å². The summed E-state index contributed by atoms with van der Waals surface area (Å²) in [6.45, 7) is 2.81. The summed E-state index contributed by atoms with van der Waals surface area (Å²) in [4.78, 5) is 12.6. The molecule has 0 unspecified atom stereocenters. The average molecular weight is 405 g/mol. The molecule has 1 aliphatic rings. The van der Waals surface area contributed by atoms with Gasteiger partial charge in [0, 0.05) is 24.7 Å².